The average Bonchev–Trinajstić information content (AvgIpc) is 3.02. The second kappa shape index (κ2) is 9.41. The van der Waals surface area contributed by atoms with Crippen LogP contribution < -0.4 is 15.2 Å². The number of benzene rings is 1. The van der Waals surface area contributed by atoms with Gasteiger partial charge in [0.05, 0.1) is 18.1 Å². The van der Waals surface area contributed by atoms with E-state index < -0.39 is 57.5 Å². The van der Waals surface area contributed by atoms with Gasteiger partial charge in [0.1, 0.15) is 16.8 Å². The van der Waals surface area contributed by atoms with E-state index in [9.17, 15) is 30.8 Å². The van der Waals surface area contributed by atoms with E-state index in [1.165, 1.54) is 7.05 Å². The van der Waals surface area contributed by atoms with Crippen LogP contribution in [-0.4, -0.2) is 31.7 Å². The molecule has 0 aliphatic rings. The number of rotatable bonds is 8. The molecular formula is C19H18F4N4O4S. The van der Waals surface area contributed by atoms with Crippen molar-refractivity contribution in [1.29, 1.82) is 5.26 Å². The maximum atomic E-state index is 13.5. The summed E-state index contributed by atoms with van der Waals surface area (Å²) in [4.78, 5) is 12.2. The number of amides is 1. The summed E-state index contributed by atoms with van der Waals surface area (Å²) in [5, 5.41) is 16.4. The molecular weight excluding hydrogens is 456 g/mol. The number of alkyl halides is 3. The molecule has 0 radical (unpaired) electrons. The van der Waals surface area contributed by atoms with Gasteiger partial charge >= 0.3 is 6.18 Å². The van der Waals surface area contributed by atoms with Crippen molar-refractivity contribution >= 4 is 21.6 Å². The van der Waals surface area contributed by atoms with Crippen LogP contribution in [0.3, 0.4) is 0 Å². The first-order valence-electron chi connectivity index (χ1n) is 8.84. The van der Waals surface area contributed by atoms with Gasteiger partial charge in [0.25, 0.3) is 5.91 Å². The molecule has 0 aliphatic carbocycles. The molecule has 0 aliphatic heterocycles. The molecule has 0 bridgehead atoms. The molecule has 0 saturated heterocycles. The molecule has 0 spiro atoms. The third kappa shape index (κ3) is 5.65. The van der Waals surface area contributed by atoms with E-state index in [0.717, 1.165) is 29.0 Å². The minimum Gasteiger partial charge on any atom is -0.490 e. The van der Waals surface area contributed by atoms with Gasteiger partial charge in [-0.25, -0.2) is 17.9 Å². The van der Waals surface area contributed by atoms with Crippen molar-refractivity contribution in [2.75, 3.05) is 11.9 Å². The molecule has 172 valence electrons. The summed E-state index contributed by atoms with van der Waals surface area (Å²) in [7, 11) is -3.11. The van der Waals surface area contributed by atoms with Gasteiger partial charge in [-0.15, -0.1) is 6.58 Å². The summed E-state index contributed by atoms with van der Waals surface area (Å²) in [6.45, 7) is 2.52. The van der Waals surface area contributed by atoms with Crippen LogP contribution in [0.1, 0.15) is 22.5 Å². The van der Waals surface area contributed by atoms with E-state index in [1.807, 2.05) is 0 Å². The number of aromatic nitrogens is 1. The van der Waals surface area contributed by atoms with Crippen LogP contribution in [0.2, 0.25) is 0 Å². The minimum absolute atomic E-state index is 0.0149. The van der Waals surface area contributed by atoms with E-state index in [2.05, 4.69) is 11.9 Å². The zero-order valence-corrected chi connectivity index (χ0v) is 17.4. The zero-order valence-electron chi connectivity index (χ0n) is 16.6. The summed E-state index contributed by atoms with van der Waals surface area (Å²) in [5.41, 5.74) is -0.695. The topological polar surface area (TPSA) is 127 Å². The summed E-state index contributed by atoms with van der Waals surface area (Å²) < 4.78 is 82.3. The van der Waals surface area contributed by atoms with Crippen molar-refractivity contribution in [2.45, 2.75) is 17.5 Å². The largest absolute Gasteiger partial charge is 0.490 e. The highest BCUT2D eigenvalue weighted by Gasteiger charge is 2.37. The fraction of sp³-hybridized carbons (Fsp3) is 0.263. The number of carbonyl (C=O) groups is 1. The number of nitrogens with zero attached hydrogens (tertiary/aromatic N) is 2. The Bertz CT molecular complexity index is 1180. The lowest BCUT2D eigenvalue weighted by atomic mass is 10.1. The van der Waals surface area contributed by atoms with Crippen molar-refractivity contribution in [3.8, 4) is 11.8 Å². The van der Waals surface area contributed by atoms with Gasteiger partial charge in [-0.3, -0.25) is 4.79 Å². The van der Waals surface area contributed by atoms with Gasteiger partial charge in [-0.1, -0.05) is 6.08 Å². The number of ether oxygens (including phenoxy) is 1. The van der Waals surface area contributed by atoms with Gasteiger partial charge in [0.15, 0.2) is 11.4 Å². The molecule has 1 atom stereocenters. The van der Waals surface area contributed by atoms with Gasteiger partial charge in [0, 0.05) is 18.9 Å². The monoisotopic (exact) mass is 474 g/mol. The molecule has 0 saturated carbocycles. The number of nitriles is 1. The molecule has 2 aromatic rings. The lowest BCUT2D eigenvalue weighted by Crippen LogP contribution is -2.23. The van der Waals surface area contributed by atoms with E-state index >= 15 is 0 Å². The van der Waals surface area contributed by atoms with Crippen LogP contribution in [0, 0.1) is 23.1 Å². The lowest BCUT2D eigenvalue weighted by Gasteiger charge is -2.17. The lowest BCUT2D eigenvalue weighted by molar-refractivity contribution is -0.163. The molecule has 1 unspecified atom stereocenters. The van der Waals surface area contributed by atoms with Crippen molar-refractivity contribution in [3.63, 3.8) is 0 Å². The zero-order chi connectivity index (χ0) is 24.3. The summed E-state index contributed by atoms with van der Waals surface area (Å²) in [5.74, 6) is -4.19. The number of nitrogens with two attached hydrogens (primary N) is 1. The predicted molar refractivity (Wildman–Crippen MR) is 106 cm³/mol. The maximum Gasteiger partial charge on any atom is 0.395 e. The Labute approximate surface area is 180 Å². The van der Waals surface area contributed by atoms with Crippen molar-refractivity contribution < 1.29 is 35.5 Å². The molecule has 2 rings (SSSR count). The van der Waals surface area contributed by atoms with E-state index in [1.54, 1.807) is 6.07 Å². The van der Waals surface area contributed by atoms with Gasteiger partial charge < -0.3 is 14.6 Å². The maximum absolute atomic E-state index is 13.5. The van der Waals surface area contributed by atoms with Crippen LogP contribution in [-0.2, 0) is 17.1 Å². The number of carbonyl (C=O) groups excluding carboxylic acids is 1. The van der Waals surface area contributed by atoms with Crippen molar-refractivity contribution in [1.82, 2.24) is 4.57 Å². The fourth-order valence-corrected chi connectivity index (χ4v) is 3.48. The standard InChI is InChI=1S/C19H18F4N4O4S/c1-3-12(19(21,22)23)6-7-31-17-15(32(25,29)30)10-27(2)16(17)18(28)26-13-4-5-14(20)11(8-13)9-24/h3-5,8,10,12H,1,6-7H2,2H3,(H,26,28)(H2,25,29,30). The molecule has 8 nitrogen and oxygen atoms in total. The summed E-state index contributed by atoms with van der Waals surface area (Å²) in [6, 6.07) is 4.76. The molecule has 32 heavy (non-hydrogen) atoms. The third-order valence-corrected chi connectivity index (χ3v) is 5.25. The number of hydrogen-bond acceptors (Lipinski definition) is 5. The first-order valence-corrected chi connectivity index (χ1v) is 10.4. The van der Waals surface area contributed by atoms with Crippen LogP contribution in [0.5, 0.6) is 5.75 Å². The summed E-state index contributed by atoms with van der Waals surface area (Å²) in [6.07, 6.45) is -3.51. The second-order valence-electron chi connectivity index (χ2n) is 6.61. The van der Waals surface area contributed by atoms with Crippen LogP contribution in [0.25, 0.3) is 0 Å². The Morgan fingerprint density at radius 1 is 1.44 bits per heavy atom. The van der Waals surface area contributed by atoms with Crippen molar-refractivity contribution in [3.05, 3.63) is 54.1 Å². The highest BCUT2D eigenvalue weighted by atomic mass is 32.2. The number of halogens is 4. The Morgan fingerprint density at radius 2 is 2.09 bits per heavy atom. The van der Waals surface area contributed by atoms with E-state index in [0.29, 0.717) is 6.08 Å². The molecule has 1 amide bonds. The van der Waals surface area contributed by atoms with Crippen LogP contribution >= 0.6 is 0 Å². The number of hydrogen-bond donors (Lipinski definition) is 2. The molecule has 0 fully saturated rings. The molecule has 1 aromatic carbocycles. The number of primary sulfonamides is 1. The first kappa shape index (κ1) is 24.9. The minimum atomic E-state index is -4.58. The van der Waals surface area contributed by atoms with Crippen molar-refractivity contribution in [2.24, 2.45) is 18.1 Å². The number of aryl methyl sites for hydroxylation is 1. The van der Waals surface area contributed by atoms with Gasteiger partial charge in [-0.05, 0) is 24.6 Å². The Hall–Kier alpha value is -3.37. The summed E-state index contributed by atoms with van der Waals surface area (Å²) >= 11 is 0. The van der Waals surface area contributed by atoms with Crippen LogP contribution in [0.4, 0.5) is 23.2 Å². The number of anilines is 1. The number of nitrogens with one attached hydrogen (secondary N) is 1. The molecule has 3 N–H and O–H groups in total. The third-order valence-electron chi connectivity index (χ3n) is 4.35. The molecule has 1 aromatic heterocycles. The smallest absolute Gasteiger partial charge is 0.395 e. The average molecular weight is 474 g/mol. The normalized spacial score (nSPS) is 12.7. The number of sulfonamides is 1. The van der Waals surface area contributed by atoms with E-state index in [4.69, 9.17) is 15.1 Å². The molecule has 13 heteroatoms. The fourth-order valence-electron chi connectivity index (χ4n) is 2.76. The molecule has 1 heterocycles. The van der Waals surface area contributed by atoms with Crippen LogP contribution in [0.15, 0.2) is 41.9 Å². The van der Waals surface area contributed by atoms with Gasteiger partial charge in [0.2, 0.25) is 10.0 Å². The quantitative estimate of drug-likeness (QED) is 0.449. The first-order chi connectivity index (χ1) is 14.8. The SMILES string of the molecule is C=CC(CCOc1c(S(N)(=O)=O)cn(C)c1C(=O)Nc1ccc(F)c(C#N)c1)C(F)(F)F. The second-order valence-corrected chi connectivity index (χ2v) is 8.14. The highest BCUT2D eigenvalue weighted by Crippen LogP contribution is 2.33. The van der Waals surface area contributed by atoms with Gasteiger partial charge in [-0.2, -0.15) is 18.4 Å². The Kier molecular flexibility index (Phi) is 7.32. The van der Waals surface area contributed by atoms with E-state index in [-0.39, 0.29) is 16.9 Å². The Balaban J connectivity index is 2.38. The predicted octanol–water partition coefficient (Wildman–Crippen LogP) is 3.07. The number of allylic oxidation sites excluding steroid dienone is 1. The Morgan fingerprint density at radius 3 is 2.62 bits per heavy atom. The highest BCUT2D eigenvalue weighted by molar-refractivity contribution is 7.89.